The molecule has 1 saturated heterocycles. The number of sulfone groups is 1. The quantitative estimate of drug-likeness (QED) is 0.608. The number of nitrogens with one attached hydrogen (secondary N) is 1. The van der Waals surface area contributed by atoms with Crippen LogP contribution in [0.5, 0.6) is 0 Å². The fourth-order valence-corrected chi connectivity index (χ4v) is 7.04. The zero-order valence-corrected chi connectivity index (χ0v) is 14.5. The molecule has 1 rings (SSSR count). The van der Waals surface area contributed by atoms with Crippen molar-refractivity contribution >= 4 is 31.8 Å². The molecular formula is C10H23N3O4S3. The van der Waals surface area contributed by atoms with Crippen LogP contribution in [0.4, 0.5) is 0 Å². The van der Waals surface area contributed by atoms with Crippen molar-refractivity contribution in [3.63, 3.8) is 0 Å². The van der Waals surface area contributed by atoms with Crippen LogP contribution in [0.3, 0.4) is 0 Å². The van der Waals surface area contributed by atoms with E-state index >= 15 is 0 Å². The third-order valence-corrected chi connectivity index (χ3v) is 7.90. The molecule has 0 bridgehead atoms. The summed E-state index contributed by atoms with van der Waals surface area (Å²) in [6, 6.07) is 0. The minimum atomic E-state index is -3.73. The van der Waals surface area contributed by atoms with Crippen molar-refractivity contribution in [3.05, 3.63) is 0 Å². The van der Waals surface area contributed by atoms with E-state index in [2.05, 4.69) is 5.32 Å². The van der Waals surface area contributed by atoms with Gasteiger partial charge in [0.1, 0.15) is 5.37 Å². The maximum atomic E-state index is 12.5. The Labute approximate surface area is 126 Å². The first-order chi connectivity index (χ1) is 9.21. The van der Waals surface area contributed by atoms with E-state index < -0.39 is 25.4 Å². The van der Waals surface area contributed by atoms with Gasteiger partial charge < -0.3 is 5.32 Å². The normalized spacial score (nSPS) is 22.3. The molecule has 0 spiro atoms. The van der Waals surface area contributed by atoms with Crippen molar-refractivity contribution in [2.45, 2.75) is 11.8 Å². The van der Waals surface area contributed by atoms with Crippen LogP contribution in [-0.4, -0.2) is 82.3 Å². The highest BCUT2D eigenvalue weighted by Gasteiger charge is 2.40. The van der Waals surface area contributed by atoms with Gasteiger partial charge in [-0.25, -0.2) is 8.42 Å². The van der Waals surface area contributed by atoms with Gasteiger partial charge in [-0.05, 0) is 20.0 Å². The third kappa shape index (κ3) is 4.57. The second kappa shape index (κ2) is 7.41. The Morgan fingerprint density at radius 3 is 2.55 bits per heavy atom. The van der Waals surface area contributed by atoms with Gasteiger partial charge in [-0.2, -0.15) is 28.8 Å². The second-order valence-electron chi connectivity index (χ2n) is 4.76. The molecule has 10 heteroatoms. The Morgan fingerprint density at radius 1 is 1.35 bits per heavy atom. The van der Waals surface area contributed by atoms with E-state index in [9.17, 15) is 16.8 Å². The topological polar surface area (TPSA) is 86.8 Å². The first-order valence-electron chi connectivity index (χ1n) is 6.35. The molecule has 1 atom stereocenters. The van der Waals surface area contributed by atoms with Crippen LogP contribution in [-0.2, 0) is 20.0 Å². The molecule has 120 valence electrons. The molecule has 1 N–H and O–H groups in total. The zero-order chi connectivity index (χ0) is 15.4. The molecule has 1 heterocycles. The zero-order valence-electron chi connectivity index (χ0n) is 12.1. The molecule has 1 aliphatic heterocycles. The van der Waals surface area contributed by atoms with Crippen LogP contribution < -0.4 is 5.32 Å². The van der Waals surface area contributed by atoms with E-state index in [4.69, 9.17) is 0 Å². The van der Waals surface area contributed by atoms with Crippen LogP contribution in [0, 0.1) is 0 Å². The predicted molar refractivity (Wildman–Crippen MR) is 82.8 cm³/mol. The molecule has 0 radical (unpaired) electrons. The average Bonchev–Trinajstić information content (AvgIpc) is 2.38. The van der Waals surface area contributed by atoms with E-state index in [0.29, 0.717) is 31.0 Å². The smallest absolute Gasteiger partial charge is 0.282 e. The minimum Gasteiger partial charge on any atom is -0.320 e. The standard InChI is InChI=1S/C10H23N3O4S3/c1-11-5-4-6-12(2)20(16,17)13-7-8-18-9-10(13)19(3,14)15/h10-11H,4-9H2,1-3H3. The monoisotopic (exact) mass is 345 g/mol. The molecule has 1 unspecified atom stereocenters. The highest BCUT2D eigenvalue weighted by Crippen LogP contribution is 2.24. The fourth-order valence-electron chi connectivity index (χ4n) is 1.94. The summed E-state index contributed by atoms with van der Waals surface area (Å²) in [5.74, 6) is 0.915. The van der Waals surface area contributed by atoms with Gasteiger partial charge in [-0.3, -0.25) is 0 Å². The number of thioether (sulfide) groups is 1. The summed E-state index contributed by atoms with van der Waals surface area (Å²) < 4.78 is 50.9. The van der Waals surface area contributed by atoms with Crippen molar-refractivity contribution in [3.8, 4) is 0 Å². The van der Waals surface area contributed by atoms with Crippen LogP contribution in [0.2, 0.25) is 0 Å². The lowest BCUT2D eigenvalue weighted by Gasteiger charge is -2.35. The number of nitrogens with zero attached hydrogens (tertiary/aromatic N) is 2. The summed E-state index contributed by atoms with van der Waals surface area (Å²) in [5, 5.41) is 1.99. The average molecular weight is 346 g/mol. The molecule has 0 saturated carbocycles. The lowest BCUT2D eigenvalue weighted by Crippen LogP contribution is -2.54. The first-order valence-corrected chi connectivity index (χ1v) is 10.9. The van der Waals surface area contributed by atoms with Crippen molar-refractivity contribution in [1.29, 1.82) is 0 Å². The molecule has 0 aromatic heterocycles. The largest absolute Gasteiger partial charge is 0.320 e. The van der Waals surface area contributed by atoms with Crippen molar-refractivity contribution in [2.75, 3.05) is 51.5 Å². The van der Waals surface area contributed by atoms with Gasteiger partial charge in [0.15, 0.2) is 9.84 Å². The van der Waals surface area contributed by atoms with E-state index in [1.807, 2.05) is 0 Å². The highest BCUT2D eigenvalue weighted by atomic mass is 32.2. The number of hydrogen-bond donors (Lipinski definition) is 1. The molecule has 0 amide bonds. The lowest BCUT2D eigenvalue weighted by molar-refractivity contribution is 0.352. The molecular weight excluding hydrogens is 322 g/mol. The molecule has 0 aliphatic carbocycles. The van der Waals surface area contributed by atoms with Gasteiger partial charge in [0.05, 0.1) is 0 Å². The summed E-state index contributed by atoms with van der Waals surface area (Å²) in [5.41, 5.74) is 0. The van der Waals surface area contributed by atoms with Gasteiger partial charge in [0, 0.05) is 37.9 Å². The van der Waals surface area contributed by atoms with E-state index in [0.717, 1.165) is 10.6 Å². The number of hydrogen-bond acceptors (Lipinski definition) is 6. The second-order valence-corrected chi connectivity index (χ2v) is 10.1. The van der Waals surface area contributed by atoms with Gasteiger partial charge in [-0.15, -0.1) is 0 Å². The third-order valence-electron chi connectivity index (χ3n) is 3.12. The summed E-state index contributed by atoms with van der Waals surface area (Å²) in [6.45, 7) is 1.32. The molecule has 0 aromatic rings. The van der Waals surface area contributed by atoms with Crippen LogP contribution >= 0.6 is 11.8 Å². The van der Waals surface area contributed by atoms with Crippen molar-refractivity contribution in [2.24, 2.45) is 0 Å². The predicted octanol–water partition coefficient (Wildman–Crippen LogP) is -0.808. The highest BCUT2D eigenvalue weighted by molar-refractivity contribution is 8.01. The first kappa shape index (κ1) is 18.2. The Balaban J connectivity index is 2.88. The van der Waals surface area contributed by atoms with E-state index in [1.54, 1.807) is 7.05 Å². The summed E-state index contributed by atoms with van der Waals surface area (Å²) in [6.07, 6.45) is 1.77. The summed E-state index contributed by atoms with van der Waals surface area (Å²) >= 11 is 1.47. The van der Waals surface area contributed by atoms with Gasteiger partial charge in [-0.1, -0.05) is 0 Å². The summed E-state index contributed by atoms with van der Waals surface area (Å²) in [7, 11) is -3.86. The maximum Gasteiger partial charge on any atom is 0.282 e. The maximum absolute atomic E-state index is 12.5. The van der Waals surface area contributed by atoms with Gasteiger partial charge in [0.2, 0.25) is 0 Å². The molecule has 20 heavy (non-hydrogen) atoms. The molecule has 1 fully saturated rings. The van der Waals surface area contributed by atoms with Crippen LogP contribution in [0.25, 0.3) is 0 Å². The van der Waals surface area contributed by atoms with Crippen molar-refractivity contribution in [1.82, 2.24) is 13.9 Å². The Morgan fingerprint density at radius 2 is 2.00 bits per heavy atom. The molecule has 1 aliphatic rings. The van der Waals surface area contributed by atoms with Gasteiger partial charge in [0.25, 0.3) is 10.2 Å². The van der Waals surface area contributed by atoms with Gasteiger partial charge >= 0.3 is 0 Å². The van der Waals surface area contributed by atoms with E-state index in [-0.39, 0.29) is 6.54 Å². The fraction of sp³-hybridized carbons (Fsp3) is 1.00. The van der Waals surface area contributed by atoms with Crippen LogP contribution in [0.15, 0.2) is 0 Å². The Bertz CT molecular complexity index is 506. The van der Waals surface area contributed by atoms with E-state index in [1.165, 1.54) is 23.1 Å². The Kier molecular flexibility index (Phi) is 6.74. The molecule has 0 aromatic carbocycles. The lowest BCUT2D eigenvalue weighted by atomic mass is 10.4. The van der Waals surface area contributed by atoms with Crippen molar-refractivity contribution < 1.29 is 16.8 Å². The Hall–Kier alpha value is 0.130. The number of rotatable bonds is 7. The summed E-state index contributed by atoms with van der Waals surface area (Å²) in [4.78, 5) is 0. The minimum absolute atomic E-state index is 0.237. The SMILES string of the molecule is CNCCCN(C)S(=O)(=O)N1CCSCC1S(C)(=O)=O. The van der Waals surface area contributed by atoms with Crippen LogP contribution in [0.1, 0.15) is 6.42 Å². The molecule has 7 nitrogen and oxygen atoms in total.